The van der Waals surface area contributed by atoms with Gasteiger partial charge >= 0.3 is 5.97 Å². The summed E-state index contributed by atoms with van der Waals surface area (Å²) in [4.78, 5) is 12.1. The van der Waals surface area contributed by atoms with Crippen molar-refractivity contribution in [3.05, 3.63) is 57.4 Å². The topological polar surface area (TPSA) is 42.2 Å². The number of benzene rings is 1. The maximum Gasteiger partial charge on any atom is 0.335 e. The van der Waals surface area contributed by atoms with Crippen molar-refractivity contribution in [3.63, 3.8) is 0 Å². The Bertz CT molecular complexity index is 760. The maximum atomic E-state index is 10.9. The molecule has 1 N–H and O–H groups in total. The highest BCUT2D eigenvalue weighted by Gasteiger charge is 2.07. The van der Waals surface area contributed by atoms with Crippen LogP contribution < -0.4 is 0 Å². The van der Waals surface area contributed by atoms with Gasteiger partial charge in [0.25, 0.3) is 0 Å². The molecule has 0 amide bonds. The van der Waals surface area contributed by atoms with E-state index in [0.29, 0.717) is 5.56 Å². The van der Waals surface area contributed by atoms with Crippen molar-refractivity contribution >= 4 is 39.8 Å². The zero-order valence-corrected chi connectivity index (χ0v) is 11.4. The van der Waals surface area contributed by atoms with Crippen LogP contribution in [0.15, 0.2) is 42.6 Å². The molecule has 0 aliphatic heterocycles. The number of carboxylic acids is 1. The SMILES string of the molecule is O=C(O)c1ccc2c(ccn2Cc2ccc(Cl)s2)c1. The van der Waals surface area contributed by atoms with E-state index in [2.05, 4.69) is 4.57 Å². The Morgan fingerprint density at radius 1 is 1.26 bits per heavy atom. The fraction of sp³-hybridized carbons (Fsp3) is 0.0714. The van der Waals surface area contributed by atoms with Crippen LogP contribution in [0.1, 0.15) is 15.2 Å². The third kappa shape index (κ3) is 2.37. The van der Waals surface area contributed by atoms with Crippen LogP contribution in [0.25, 0.3) is 10.9 Å². The number of hydrogen-bond acceptors (Lipinski definition) is 2. The van der Waals surface area contributed by atoms with Gasteiger partial charge in [0.15, 0.2) is 0 Å². The molecule has 3 rings (SSSR count). The summed E-state index contributed by atoms with van der Waals surface area (Å²) >= 11 is 7.47. The minimum atomic E-state index is -0.903. The van der Waals surface area contributed by atoms with Gasteiger partial charge in [-0.2, -0.15) is 0 Å². The van der Waals surface area contributed by atoms with Gasteiger partial charge in [0.1, 0.15) is 0 Å². The Labute approximate surface area is 118 Å². The van der Waals surface area contributed by atoms with E-state index < -0.39 is 5.97 Å². The molecular weight excluding hydrogens is 282 g/mol. The molecule has 96 valence electrons. The number of carboxylic acid groups (broad SMARTS) is 1. The van der Waals surface area contributed by atoms with Crippen LogP contribution in [0.4, 0.5) is 0 Å². The number of fused-ring (bicyclic) bond motifs is 1. The first kappa shape index (κ1) is 12.3. The minimum absolute atomic E-state index is 0.310. The lowest BCUT2D eigenvalue weighted by Crippen LogP contribution is -1.97. The average Bonchev–Trinajstić information content (AvgIpc) is 2.96. The van der Waals surface area contributed by atoms with E-state index in [1.807, 2.05) is 30.5 Å². The highest BCUT2D eigenvalue weighted by molar-refractivity contribution is 7.16. The largest absolute Gasteiger partial charge is 0.478 e. The summed E-state index contributed by atoms with van der Waals surface area (Å²) in [5.74, 6) is -0.903. The Kier molecular flexibility index (Phi) is 3.05. The van der Waals surface area contributed by atoms with Crippen molar-refractivity contribution < 1.29 is 9.90 Å². The first-order valence-electron chi connectivity index (χ1n) is 5.70. The Morgan fingerprint density at radius 2 is 2.11 bits per heavy atom. The average molecular weight is 292 g/mol. The van der Waals surface area contributed by atoms with Crippen molar-refractivity contribution in [2.45, 2.75) is 6.54 Å². The number of aromatic nitrogens is 1. The molecule has 3 aromatic rings. The molecule has 3 nitrogen and oxygen atoms in total. The monoisotopic (exact) mass is 291 g/mol. The predicted molar refractivity (Wildman–Crippen MR) is 77.3 cm³/mol. The molecule has 1 aromatic carbocycles. The standard InChI is InChI=1S/C14H10ClNO2S/c15-13-4-2-11(19-13)8-16-6-5-9-7-10(14(17)18)1-3-12(9)16/h1-7H,8H2,(H,17,18). The second-order valence-corrected chi connectivity index (χ2v) is 6.03. The van der Waals surface area contributed by atoms with Gasteiger partial charge in [-0.1, -0.05) is 11.6 Å². The molecule has 0 saturated carbocycles. The first-order chi connectivity index (χ1) is 9.13. The van der Waals surface area contributed by atoms with Crippen LogP contribution >= 0.6 is 22.9 Å². The molecule has 0 fully saturated rings. The van der Waals surface area contributed by atoms with Crippen molar-refractivity contribution in [1.82, 2.24) is 4.57 Å². The number of nitrogens with zero attached hydrogens (tertiary/aromatic N) is 1. The van der Waals surface area contributed by atoms with Gasteiger partial charge in [0.2, 0.25) is 0 Å². The van der Waals surface area contributed by atoms with E-state index in [9.17, 15) is 4.79 Å². The van der Waals surface area contributed by atoms with Gasteiger partial charge in [0, 0.05) is 22.0 Å². The molecule has 0 unspecified atom stereocenters. The fourth-order valence-electron chi connectivity index (χ4n) is 2.08. The van der Waals surface area contributed by atoms with E-state index in [-0.39, 0.29) is 0 Å². The highest BCUT2D eigenvalue weighted by atomic mass is 35.5. The van der Waals surface area contributed by atoms with Crippen LogP contribution in [0, 0.1) is 0 Å². The summed E-state index contributed by atoms with van der Waals surface area (Å²) in [7, 11) is 0. The lowest BCUT2D eigenvalue weighted by molar-refractivity contribution is 0.0697. The third-order valence-corrected chi connectivity index (χ3v) is 4.19. The molecule has 19 heavy (non-hydrogen) atoms. The quantitative estimate of drug-likeness (QED) is 0.789. The lowest BCUT2D eigenvalue weighted by Gasteiger charge is -2.03. The predicted octanol–water partition coefficient (Wildman–Crippen LogP) is 4.10. The van der Waals surface area contributed by atoms with Gasteiger partial charge in [-0.15, -0.1) is 11.3 Å². The summed E-state index contributed by atoms with van der Waals surface area (Å²) < 4.78 is 2.86. The number of rotatable bonds is 3. The molecule has 0 saturated heterocycles. The van der Waals surface area contributed by atoms with E-state index in [4.69, 9.17) is 16.7 Å². The Hall–Kier alpha value is -1.78. The van der Waals surface area contributed by atoms with Crippen LogP contribution in [-0.4, -0.2) is 15.6 Å². The van der Waals surface area contributed by atoms with Crippen LogP contribution in [0.2, 0.25) is 4.34 Å². The number of halogens is 1. The van der Waals surface area contributed by atoms with Crippen LogP contribution in [0.5, 0.6) is 0 Å². The second kappa shape index (κ2) is 4.72. The smallest absolute Gasteiger partial charge is 0.335 e. The van der Waals surface area contributed by atoms with Gasteiger partial charge < -0.3 is 9.67 Å². The normalized spacial score (nSPS) is 11.0. The number of carbonyl (C=O) groups is 1. The lowest BCUT2D eigenvalue weighted by atomic mass is 10.1. The van der Waals surface area contributed by atoms with Gasteiger partial charge in [-0.3, -0.25) is 0 Å². The molecule has 0 atom stereocenters. The van der Waals surface area contributed by atoms with Crippen molar-refractivity contribution in [1.29, 1.82) is 0 Å². The van der Waals surface area contributed by atoms with Crippen LogP contribution in [-0.2, 0) is 6.54 Å². The molecule has 0 aliphatic carbocycles. The minimum Gasteiger partial charge on any atom is -0.478 e. The fourth-order valence-corrected chi connectivity index (χ4v) is 3.16. The maximum absolute atomic E-state index is 10.9. The molecule has 0 aliphatic rings. The summed E-state index contributed by atoms with van der Waals surface area (Å²) in [6.07, 6.45) is 1.96. The van der Waals surface area contributed by atoms with E-state index in [1.54, 1.807) is 23.5 Å². The number of hydrogen-bond donors (Lipinski definition) is 1. The molecule has 2 aromatic heterocycles. The summed E-state index contributed by atoms with van der Waals surface area (Å²) in [6.45, 7) is 0.743. The zero-order valence-electron chi connectivity index (χ0n) is 9.84. The molecule has 0 spiro atoms. The van der Waals surface area contributed by atoms with Gasteiger partial charge in [-0.05, 0) is 36.4 Å². The molecular formula is C14H10ClNO2S. The zero-order chi connectivity index (χ0) is 13.4. The first-order valence-corrected chi connectivity index (χ1v) is 6.89. The summed E-state index contributed by atoms with van der Waals surface area (Å²) in [6, 6.07) is 11.0. The van der Waals surface area contributed by atoms with Gasteiger partial charge in [-0.25, -0.2) is 4.79 Å². The van der Waals surface area contributed by atoms with E-state index >= 15 is 0 Å². The second-order valence-electron chi connectivity index (χ2n) is 4.23. The van der Waals surface area contributed by atoms with E-state index in [0.717, 1.165) is 21.8 Å². The number of thiophene rings is 1. The molecule has 5 heteroatoms. The molecule has 0 bridgehead atoms. The molecule has 0 radical (unpaired) electrons. The van der Waals surface area contributed by atoms with Crippen molar-refractivity contribution in [3.8, 4) is 0 Å². The highest BCUT2D eigenvalue weighted by Crippen LogP contribution is 2.24. The summed E-state index contributed by atoms with van der Waals surface area (Å²) in [5.41, 5.74) is 1.33. The van der Waals surface area contributed by atoms with Crippen LogP contribution in [0.3, 0.4) is 0 Å². The number of aromatic carboxylic acids is 1. The summed E-state index contributed by atoms with van der Waals surface area (Å²) in [5, 5.41) is 9.90. The Morgan fingerprint density at radius 3 is 2.79 bits per heavy atom. The molecule has 2 heterocycles. The third-order valence-electron chi connectivity index (χ3n) is 2.97. The van der Waals surface area contributed by atoms with Gasteiger partial charge in [0.05, 0.1) is 16.4 Å². The van der Waals surface area contributed by atoms with Crippen molar-refractivity contribution in [2.75, 3.05) is 0 Å². The Balaban J connectivity index is 1.99. The van der Waals surface area contributed by atoms with Crippen molar-refractivity contribution in [2.24, 2.45) is 0 Å². The van der Waals surface area contributed by atoms with E-state index in [1.165, 1.54) is 4.88 Å².